The fourth-order valence-electron chi connectivity index (χ4n) is 1.46. The van der Waals surface area contributed by atoms with E-state index < -0.39 is 11.6 Å². The summed E-state index contributed by atoms with van der Waals surface area (Å²) in [6.07, 6.45) is 1.67. The summed E-state index contributed by atoms with van der Waals surface area (Å²) in [6.45, 7) is 12.7. The van der Waals surface area contributed by atoms with Crippen LogP contribution < -0.4 is 0 Å². The molecule has 0 spiro atoms. The van der Waals surface area contributed by atoms with Gasteiger partial charge in [-0.05, 0) is 45.7 Å². The smallest absolute Gasteiger partial charge is 0.334 e. The highest BCUT2D eigenvalue weighted by atomic mass is 16.6. The largest absolute Gasteiger partial charge is 0.465 e. The average Bonchev–Trinajstić information content (AvgIpc) is 2.47. The van der Waals surface area contributed by atoms with E-state index in [2.05, 4.69) is 6.58 Å². The van der Waals surface area contributed by atoms with Gasteiger partial charge in [0.25, 0.3) is 0 Å². The minimum atomic E-state index is -0.769. The molecule has 1 aromatic rings. The Hall–Kier alpha value is -1.51. The van der Waals surface area contributed by atoms with E-state index in [1.807, 2.05) is 13.8 Å². The van der Waals surface area contributed by atoms with Crippen molar-refractivity contribution in [2.24, 2.45) is 0 Å². The second kappa shape index (κ2) is 4.16. The molecule has 3 nitrogen and oxygen atoms in total. The van der Waals surface area contributed by atoms with Gasteiger partial charge in [-0.2, -0.15) is 0 Å². The molecule has 0 unspecified atom stereocenters. The first-order valence-corrected chi connectivity index (χ1v) is 5.19. The monoisotopic (exact) mass is 222 g/mol. The third kappa shape index (κ3) is 2.35. The van der Waals surface area contributed by atoms with Crippen LogP contribution in [0.25, 0.3) is 0 Å². The van der Waals surface area contributed by atoms with Crippen molar-refractivity contribution in [1.29, 1.82) is 0 Å². The molecule has 0 radical (unpaired) electrons. The highest BCUT2D eigenvalue weighted by Gasteiger charge is 2.31. The third-order valence-electron chi connectivity index (χ3n) is 2.53. The van der Waals surface area contributed by atoms with Crippen molar-refractivity contribution >= 4 is 5.97 Å². The Bertz CT molecular complexity index is 424. The van der Waals surface area contributed by atoms with Crippen molar-refractivity contribution in [1.82, 2.24) is 0 Å². The molecule has 0 saturated heterocycles. The van der Waals surface area contributed by atoms with Gasteiger partial charge in [-0.1, -0.05) is 6.58 Å². The lowest BCUT2D eigenvalue weighted by atomic mass is 10.0. The summed E-state index contributed by atoms with van der Waals surface area (Å²) >= 11 is 0. The van der Waals surface area contributed by atoms with Crippen molar-refractivity contribution in [2.75, 3.05) is 0 Å². The molecule has 0 atom stereocenters. The first-order chi connectivity index (χ1) is 7.25. The number of ether oxygens (including phenoxy) is 1. The lowest BCUT2D eigenvalue weighted by Crippen LogP contribution is -2.26. The lowest BCUT2D eigenvalue weighted by Gasteiger charge is -2.23. The van der Waals surface area contributed by atoms with Crippen LogP contribution in [-0.4, -0.2) is 5.97 Å². The van der Waals surface area contributed by atoms with Gasteiger partial charge in [0.1, 0.15) is 5.76 Å². The van der Waals surface area contributed by atoms with Crippen molar-refractivity contribution in [3.05, 3.63) is 35.3 Å². The fourth-order valence-corrected chi connectivity index (χ4v) is 1.46. The average molecular weight is 222 g/mol. The Morgan fingerprint density at radius 1 is 1.44 bits per heavy atom. The summed E-state index contributed by atoms with van der Waals surface area (Å²) in [7, 11) is 0. The van der Waals surface area contributed by atoms with E-state index >= 15 is 0 Å². The van der Waals surface area contributed by atoms with Crippen LogP contribution in [0.1, 0.15) is 37.7 Å². The molecule has 0 fully saturated rings. The highest BCUT2D eigenvalue weighted by molar-refractivity contribution is 5.87. The molecule has 1 aromatic heterocycles. The number of aryl methyl sites for hydroxylation is 1. The zero-order chi connectivity index (χ0) is 12.5. The molecular formula is C13H18O3. The predicted octanol–water partition coefficient (Wildman–Crippen LogP) is 3.25. The van der Waals surface area contributed by atoms with E-state index in [1.165, 1.54) is 0 Å². The summed E-state index contributed by atoms with van der Waals surface area (Å²) in [6, 6.07) is 0. The summed E-state index contributed by atoms with van der Waals surface area (Å²) in [5, 5.41) is 0. The van der Waals surface area contributed by atoms with E-state index in [-0.39, 0.29) is 0 Å². The number of furan rings is 1. The molecule has 3 heteroatoms. The van der Waals surface area contributed by atoms with E-state index in [9.17, 15) is 4.79 Å². The maximum Gasteiger partial charge on any atom is 0.334 e. The number of carbonyl (C=O) groups excluding carboxylic acids is 1. The molecule has 88 valence electrons. The molecule has 0 bridgehead atoms. The van der Waals surface area contributed by atoms with Gasteiger partial charge in [-0.15, -0.1) is 0 Å². The quantitative estimate of drug-likeness (QED) is 0.582. The van der Waals surface area contributed by atoms with Gasteiger partial charge in [-0.25, -0.2) is 4.79 Å². The summed E-state index contributed by atoms with van der Waals surface area (Å²) < 4.78 is 10.8. The van der Waals surface area contributed by atoms with Crippen LogP contribution in [-0.2, 0) is 15.1 Å². The van der Waals surface area contributed by atoms with Gasteiger partial charge in [0, 0.05) is 5.57 Å². The number of esters is 1. The van der Waals surface area contributed by atoms with Crippen molar-refractivity contribution in [2.45, 2.75) is 40.2 Å². The van der Waals surface area contributed by atoms with Gasteiger partial charge < -0.3 is 9.15 Å². The van der Waals surface area contributed by atoms with Crippen LogP contribution in [0.5, 0.6) is 0 Å². The van der Waals surface area contributed by atoms with E-state index in [0.717, 1.165) is 11.1 Å². The van der Waals surface area contributed by atoms with Gasteiger partial charge >= 0.3 is 5.97 Å². The third-order valence-corrected chi connectivity index (χ3v) is 2.53. The van der Waals surface area contributed by atoms with E-state index in [0.29, 0.717) is 11.3 Å². The van der Waals surface area contributed by atoms with Gasteiger partial charge in [0.2, 0.25) is 0 Å². The van der Waals surface area contributed by atoms with Crippen LogP contribution in [0.3, 0.4) is 0 Å². The predicted molar refractivity (Wildman–Crippen MR) is 62.1 cm³/mol. The highest BCUT2D eigenvalue weighted by Crippen LogP contribution is 2.30. The molecule has 0 N–H and O–H groups in total. The summed E-state index contributed by atoms with van der Waals surface area (Å²) in [4.78, 5) is 11.5. The maximum absolute atomic E-state index is 11.5. The van der Waals surface area contributed by atoms with Crippen LogP contribution in [0.15, 0.2) is 22.8 Å². The Labute approximate surface area is 96.1 Å². The van der Waals surface area contributed by atoms with E-state index in [4.69, 9.17) is 9.15 Å². The maximum atomic E-state index is 11.5. The van der Waals surface area contributed by atoms with Crippen LogP contribution in [0.2, 0.25) is 0 Å². The molecule has 1 heterocycles. The van der Waals surface area contributed by atoms with Crippen molar-refractivity contribution in [3.63, 3.8) is 0 Å². The Kier molecular flexibility index (Phi) is 3.27. The first kappa shape index (κ1) is 12.6. The Morgan fingerprint density at radius 3 is 2.38 bits per heavy atom. The molecule has 0 amide bonds. The SMILES string of the molecule is C=C(C)C(=O)OC(C)(C)c1occ(C)c1C. The van der Waals surface area contributed by atoms with Crippen molar-refractivity contribution < 1.29 is 13.9 Å². The zero-order valence-electron chi connectivity index (χ0n) is 10.5. The number of hydrogen-bond donors (Lipinski definition) is 0. The summed E-state index contributed by atoms with van der Waals surface area (Å²) in [5.41, 5.74) is 1.68. The molecule has 0 aliphatic carbocycles. The lowest BCUT2D eigenvalue weighted by molar-refractivity contribution is -0.154. The molecule has 16 heavy (non-hydrogen) atoms. The summed E-state index contributed by atoms with van der Waals surface area (Å²) in [5.74, 6) is 0.276. The topological polar surface area (TPSA) is 39.4 Å². The number of carbonyl (C=O) groups is 1. The van der Waals surface area contributed by atoms with Crippen LogP contribution in [0, 0.1) is 13.8 Å². The Morgan fingerprint density at radius 2 is 2.00 bits per heavy atom. The van der Waals surface area contributed by atoms with E-state index in [1.54, 1.807) is 27.0 Å². The molecule has 1 rings (SSSR count). The molecule has 0 aliphatic heterocycles. The normalized spacial score (nSPS) is 11.3. The number of rotatable bonds is 3. The minimum absolute atomic E-state index is 0.383. The standard InChI is InChI=1S/C13H18O3/c1-8(2)12(14)16-13(5,6)11-10(4)9(3)7-15-11/h7H,1H2,2-6H3. The zero-order valence-corrected chi connectivity index (χ0v) is 10.5. The number of hydrogen-bond acceptors (Lipinski definition) is 3. The second-order valence-corrected chi connectivity index (χ2v) is 4.55. The molecule has 0 saturated carbocycles. The van der Waals surface area contributed by atoms with Crippen LogP contribution in [0.4, 0.5) is 0 Å². The molecular weight excluding hydrogens is 204 g/mol. The molecule has 0 aliphatic rings. The second-order valence-electron chi connectivity index (χ2n) is 4.55. The molecule has 0 aromatic carbocycles. The van der Waals surface area contributed by atoms with Gasteiger partial charge in [0.05, 0.1) is 6.26 Å². The van der Waals surface area contributed by atoms with Crippen LogP contribution >= 0.6 is 0 Å². The first-order valence-electron chi connectivity index (χ1n) is 5.19. The van der Waals surface area contributed by atoms with Gasteiger partial charge in [0.15, 0.2) is 5.60 Å². The fraction of sp³-hybridized carbons (Fsp3) is 0.462. The minimum Gasteiger partial charge on any atom is -0.465 e. The van der Waals surface area contributed by atoms with Gasteiger partial charge in [-0.3, -0.25) is 0 Å². The van der Waals surface area contributed by atoms with Crippen molar-refractivity contribution in [3.8, 4) is 0 Å². The Balaban J connectivity index is 2.98.